The molecule has 1 aliphatic heterocycles. The van der Waals surface area contributed by atoms with Gasteiger partial charge in [-0.2, -0.15) is 0 Å². The average molecular weight is 677 g/mol. The van der Waals surface area contributed by atoms with Crippen molar-refractivity contribution in [3.8, 4) is 28.4 Å². The molecule has 0 saturated carbocycles. The summed E-state index contributed by atoms with van der Waals surface area (Å²) in [5, 5.41) is 18.2. The second-order valence-electron chi connectivity index (χ2n) is 11.5. The quantitative estimate of drug-likeness (QED) is 0.0932. The molecule has 2 heterocycles. The Morgan fingerprint density at radius 1 is 0.872 bits per heavy atom. The van der Waals surface area contributed by atoms with E-state index in [1.807, 2.05) is 54.6 Å². The predicted molar refractivity (Wildman–Crippen MR) is 181 cm³/mol. The van der Waals surface area contributed by atoms with Crippen molar-refractivity contribution in [3.63, 3.8) is 0 Å². The molecule has 0 spiro atoms. The van der Waals surface area contributed by atoms with Crippen molar-refractivity contribution in [2.24, 2.45) is 0 Å². The lowest BCUT2D eigenvalue weighted by molar-refractivity contribution is 0.0812. The Kier molecular flexibility index (Phi) is 10.9. The van der Waals surface area contributed by atoms with E-state index in [4.69, 9.17) is 42.0 Å². The highest BCUT2D eigenvalue weighted by molar-refractivity contribution is 6.34. The zero-order chi connectivity index (χ0) is 32.6. The minimum absolute atomic E-state index is 0.143. The number of fused-ring (bicyclic) bond motifs is 1. The molecule has 11 heteroatoms. The van der Waals surface area contributed by atoms with E-state index in [0.717, 1.165) is 73.3 Å². The molecular formula is C36H35Cl2N3O6. The molecule has 1 saturated heterocycles. The fourth-order valence-corrected chi connectivity index (χ4v) is 6.07. The molecule has 0 aliphatic carbocycles. The number of aldehydes is 1. The van der Waals surface area contributed by atoms with Gasteiger partial charge in [0.1, 0.15) is 41.5 Å². The standard InChI is InChI=1S/C36H35Cl2N3O6/c37-31-19-27(21-42)34(45-22-24-9-10-32-33(17-24)40-47-39-32)20-35(31)46-23-26-6-4-8-30(36(26)38)25-5-3-7-29(18-25)44-16-2-1-13-41-14-11-28(43)12-15-41/h3-10,17-21,28,43H,1-2,11-16,22-23H2. The lowest BCUT2D eigenvalue weighted by Gasteiger charge is -2.29. The van der Waals surface area contributed by atoms with Gasteiger partial charge in [-0.25, -0.2) is 4.63 Å². The summed E-state index contributed by atoms with van der Waals surface area (Å²) >= 11 is 13.4. The van der Waals surface area contributed by atoms with Gasteiger partial charge in [0.05, 0.1) is 28.3 Å². The number of aliphatic hydroxyl groups is 1. The van der Waals surface area contributed by atoms with Gasteiger partial charge in [0.15, 0.2) is 6.29 Å². The van der Waals surface area contributed by atoms with Crippen LogP contribution in [0.4, 0.5) is 0 Å². The molecule has 1 N–H and O–H groups in total. The Balaban J connectivity index is 1.07. The molecule has 4 aromatic carbocycles. The number of rotatable bonds is 14. The average Bonchev–Trinajstić information content (AvgIpc) is 3.56. The lowest BCUT2D eigenvalue weighted by Crippen LogP contribution is -2.36. The summed E-state index contributed by atoms with van der Waals surface area (Å²) in [6.07, 6.45) is 4.28. The van der Waals surface area contributed by atoms with Crippen LogP contribution in [0, 0.1) is 0 Å². The molecule has 6 rings (SSSR count). The summed E-state index contributed by atoms with van der Waals surface area (Å²) in [6, 6.07) is 22.3. The first-order valence-electron chi connectivity index (χ1n) is 15.6. The van der Waals surface area contributed by atoms with Gasteiger partial charge in [0, 0.05) is 30.3 Å². The third-order valence-corrected chi connectivity index (χ3v) is 8.95. The molecular weight excluding hydrogens is 641 g/mol. The van der Waals surface area contributed by atoms with Crippen LogP contribution in [-0.2, 0) is 13.2 Å². The largest absolute Gasteiger partial charge is 0.494 e. The number of hydrogen-bond acceptors (Lipinski definition) is 9. The molecule has 1 fully saturated rings. The molecule has 0 unspecified atom stereocenters. The van der Waals surface area contributed by atoms with E-state index >= 15 is 0 Å². The van der Waals surface area contributed by atoms with Gasteiger partial charge >= 0.3 is 0 Å². The van der Waals surface area contributed by atoms with Crippen molar-refractivity contribution >= 4 is 40.5 Å². The Bertz CT molecular complexity index is 1820. The number of benzene rings is 4. The van der Waals surface area contributed by atoms with E-state index in [9.17, 15) is 9.90 Å². The topological polar surface area (TPSA) is 107 Å². The van der Waals surface area contributed by atoms with Gasteiger partial charge in [0.2, 0.25) is 0 Å². The number of piperidine rings is 1. The second-order valence-corrected chi connectivity index (χ2v) is 12.3. The molecule has 0 bridgehead atoms. The highest BCUT2D eigenvalue weighted by Crippen LogP contribution is 2.36. The number of unbranched alkanes of at least 4 members (excludes halogenated alkanes) is 1. The number of nitrogens with zero attached hydrogens (tertiary/aromatic N) is 3. The Morgan fingerprint density at radius 3 is 2.53 bits per heavy atom. The van der Waals surface area contributed by atoms with E-state index in [1.165, 1.54) is 6.07 Å². The van der Waals surface area contributed by atoms with Gasteiger partial charge in [-0.05, 0) is 84.0 Å². The first-order chi connectivity index (χ1) is 23.0. The molecule has 0 radical (unpaired) electrons. The molecule has 47 heavy (non-hydrogen) atoms. The van der Waals surface area contributed by atoms with Crippen LogP contribution < -0.4 is 14.2 Å². The predicted octanol–water partition coefficient (Wildman–Crippen LogP) is 7.78. The zero-order valence-corrected chi connectivity index (χ0v) is 27.3. The van der Waals surface area contributed by atoms with Gasteiger partial charge in [-0.1, -0.05) is 59.6 Å². The highest BCUT2D eigenvalue weighted by atomic mass is 35.5. The first kappa shape index (κ1) is 32.8. The van der Waals surface area contributed by atoms with E-state index in [0.29, 0.717) is 46.0 Å². The molecule has 1 aliphatic rings. The third-order valence-electron chi connectivity index (χ3n) is 8.21. The SMILES string of the molecule is O=Cc1cc(Cl)c(OCc2cccc(-c3cccc(OCCCCN4CCC(O)CC4)c3)c2Cl)cc1OCc1ccc2nonc2c1. The van der Waals surface area contributed by atoms with Crippen LogP contribution in [0.2, 0.25) is 10.0 Å². The van der Waals surface area contributed by atoms with Crippen molar-refractivity contribution < 1.29 is 28.7 Å². The molecule has 5 aromatic rings. The normalized spacial score (nSPS) is 13.9. The third kappa shape index (κ3) is 8.42. The van der Waals surface area contributed by atoms with E-state index in [1.54, 1.807) is 12.1 Å². The smallest absolute Gasteiger partial charge is 0.153 e. The lowest BCUT2D eigenvalue weighted by atomic mass is 10.0. The minimum Gasteiger partial charge on any atom is -0.494 e. The van der Waals surface area contributed by atoms with Gasteiger partial charge in [0.25, 0.3) is 0 Å². The molecule has 1 aromatic heterocycles. The summed E-state index contributed by atoms with van der Waals surface area (Å²) < 4.78 is 22.9. The number of halogens is 2. The van der Waals surface area contributed by atoms with Crippen LogP contribution in [0.5, 0.6) is 17.2 Å². The highest BCUT2D eigenvalue weighted by Gasteiger charge is 2.17. The molecule has 0 amide bonds. The van der Waals surface area contributed by atoms with Crippen LogP contribution in [-0.4, -0.2) is 59.0 Å². The minimum atomic E-state index is -0.143. The summed E-state index contributed by atoms with van der Waals surface area (Å²) in [6.45, 7) is 3.92. The van der Waals surface area contributed by atoms with Gasteiger partial charge in [-0.15, -0.1) is 0 Å². The number of likely N-dealkylation sites (tertiary alicyclic amines) is 1. The van der Waals surface area contributed by atoms with Crippen LogP contribution in [0.25, 0.3) is 22.2 Å². The van der Waals surface area contributed by atoms with Crippen LogP contribution >= 0.6 is 23.2 Å². The van der Waals surface area contributed by atoms with Crippen molar-refractivity contribution in [2.75, 3.05) is 26.2 Å². The van der Waals surface area contributed by atoms with Crippen LogP contribution in [0.15, 0.2) is 77.4 Å². The summed E-state index contributed by atoms with van der Waals surface area (Å²) in [5.41, 5.74) is 4.95. The van der Waals surface area contributed by atoms with Crippen molar-refractivity contribution in [2.45, 2.75) is 45.0 Å². The van der Waals surface area contributed by atoms with E-state index < -0.39 is 0 Å². The molecule has 9 nitrogen and oxygen atoms in total. The number of carbonyl (C=O) groups is 1. The van der Waals surface area contributed by atoms with E-state index in [2.05, 4.69) is 15.2 Å². The van der Waals surface area contributed by atoms with Gasteiger partial charge < -0.3 is 24.2 Å². The molecule has 244 valence electrons. The van der Waals surface area contributed by atoms with Crippen molar-refractivity contribution in [3.05, 3.63) is 99.5 Å². The number of carbonyl (C=O) groups excluding carboxylic acids is 1. The maximum atomic E-state index is 11.8. The fraction of sp³-hybridized carbons (Fsp3) is 0.306. The Hall–Kier alpha value is -4.15. The zero-order valence-electron chi connectivity index (χ0n) is 25.7. The van der Waals surface area contributed by atoms with E-state index in [-0.39, 0.29) is 24.3 Å². The maximum absolute atomic E-state index is 11.8. The number of aliphatic hydroxyl groups excluding tert-OH is 1. The number of hydrogen-bond donors (Lipinski definition) is 1. The van der Waals surface area contributed by atoms with Crippen LogP contribution in [0.3, 0.4) is 0 Å². The fourth-order valence-electron chi connectivity index (χ4n) is 5.55. The monoisotopic (exact) mass is 675 g/mol. The Morgan fingerprint density at radius 2 is 1.68 bits per heavy atom. The number of ether oxygens (including phenoxy) is 3. The second kappa shape index (κ2) is 15.6. The summed E-state index contributed by atoms with van der Waals surface area (Å²) in [4.78, 5) is 14.2. The number of aromatic nitrogens is 2. The summed E-state index contributed by atoms with van der Waals surface area (Å²) in [5.74, 6) is 1.48. The maximum Gasteiger partial charge on any atom is 0.153 e. The van der Waals surface area contributed by atoms with Crippen molar-refractivity contribution in [1.29, 1.82) is 0 Å². The summed E-state index contributed by atoms with van der Waals surface area (Å²) in [7, 11) is 0. The van der Waals surface area contributed by atoms with Crippen LogP contribution in [0.1, 0.15) is 47.2 Å². The molecule has 0 atom stereocenters. The van der Waals surface area contributed by atoms with Gasteiger partial charge in [-0.3, -0.25) is 4.79 Å². The first-order valence-corrected chi connectivity index (χ1v) is 16.4. The van der Waals surface area contributed by atoms with Crippen molar-refractivity contribution in [1.82, 2.24) is 15.2 Å². The Labute approximate surface area is 282 Å².